The molecule has 2 rings (SSSR count). The van der Waals surface area contributed by atoms with E-state index < -0.39 is 5.97 Å². The molecule has 7 nitrogen and oxygen atoms in total. The maximum absolute atomic E-state index is 11.7. The zero-order valence-corrected chi connectivity index (χ0v) is 15.5. The van der Waals surface area contributed by atoms with Crippen LogP contribution in [0.5, 0.6) is 0 Å². The second kappa shape index (κ2) is 11.1. The van der Waals surface area contributed by atoms with Crippen molar-refractivity contribution in [3.05, 3.63) is 23.7 Å². The van der Waals surface area contributed by atoms with Crippen molar-refractivity contribution in [2.45, 2.75) is 45.2 Å². The molecule has 0 radical (unpaired) electrons. The normalized spacial score (nSPS) is 17.6. The second-order valence-electron chi connectivity index (χ2n) is 5.95. The Labute approximate surface area is 154 Å². The first kappa shape index (κ1) is 21.5. The first-order valence-corrected chi connectivity index (χ1v) is 8.60. The molecule has 2 heterocycles. The minimum absolute atomic E-state index is 0. The molecule has 1 fully saturated rings. The number of piperidine rings is 1. The molecule has 0 aromatic carbocycles. The van der Waals surface area contributed by atoms with Gasteiger partial charge in [0.1, 0.15) is 5.76 Å². The number of ether oxygens (including phenoxy) is 1. The molecule has 1 amide bonds. The fourth-order valence-electron chi connectivity index (χ4n) is 2.93. The van der Waals surface area contributed by atoms with E-state index in [2.05, 4.69) is 10.2 Å². The highest BCUT2D eigenvalue weighted by Gasteiger charge is 2.24. The Balaban J connectivity index is 0.00000312. The molecule has 1 saturated heterocycles. The van der Waals surface area contributed by atoms with E-state index in [0.29, 0.717) is 32.7 Å². The highest BCUT2D eigenvalue weighted by atomic mass is 35.5. The van der Waals surface area contributed by atoms with Crippen molar-refractivity contribution < 1.29 is 18.7 Å². The maximum atomic E-state index is 11.7. The quantitative estimate of drug-likeness (QED) is 0.673. The van der Waals surface area contributed by atoms with Crippen LogP contribution in [-0.2, 0) is 16.1 Å². The zero-order chi connectivity index (χ0) is 17.4. The van der Waals surface area contributed by atoms with Crippen molar-refractivity contribution >= 4 is 24.3 Å². The fourth-order valence-corrected chi connectivity index (χ4v) is 2.93. The minimum Gasteiger partial charge on any atom is -0.460 e. The molecule has 8 heteroatoms. The van der Waals surface area contributed by atoms with Crippen molar-refractivity contribution in [3.63, 3.8) is 0 Å². The second-order valence-corrected chi connectivity index (χ2v) is 5.95. The van der Waals surface area contributed by atoms with E-state index in [1.807, 2.05) is 6.07 Å². The molecule has 0 saturated carbocycles. The molecule has 1 unspecified atom stereocenters. The number of esters is 1. The highest BCUT2D eigenvalue weighted by Crippen LogP contribution is 2.20. The molecule has 0 bridgehead atoms. The molecule has 0 aliphatic carbocycles. The minimum atomic E-state index is -0.437. The summed E-state index contributed by atoms with van der Waals surface area (Å²) < 4.78 is 10.5. The summed E-state index contributed by atoms with van der Waals surface area (Å²) >= 11 is 0. The van der Waals surface area contributed by atoms with Crippen LogP contribution in [0.1, 0.15) is 48.9 Å². The third kappa shape index (κ3) is 6.68. The number of likely N-dealkylation sites (tertiary alicyclic amines) is 1. The number of halogens is 1. The topological polar surface area (TPSA) is 97.8 Å². The van der Waals surface area contributed by atoms with Crippen molar-refractivity contribution in [2.24, 2.45) is 5.73 Å². The van der Waals surface area contributed by atoms with Crippen molar-refractivity contribution in [2.75, 3.05) is 26.2 Å². The van der Waals surface area contributed by atoms with Crippen LogP contribution in [0.25, 0.3) is 0 Å². The van der Waals surface area contributed by atoms with E-state index in [-0.39, 0.29) is 30.1 Å². The monoisotopic (exact) mass is 373 g/mol. The van der Waals surface area contributed by atoms with Crippen LogP contribution >= 0.6 is 12.4 Å². The molecule has 1 aromatic rings. The molecule has 1 atom stereocenters. The van der Waals surface area contributed by atoms with Crippen LogP contribution in [0.3, 0.4) is 0 Å². The largest absolute Gasteiger partial charge is 0.460 e. The lowest BCUT2D eigenvalue weighted by atomic mass is 10.0. The Morgan fingerprint density at radius 1 is 1.40 bits per heavy atom. The number of carbonyl (C=O) groups excluding carboxylic acids is 2. The highest BCUT2D eigenvalue weighted by molar-refractivity contribution is 5.86. The number of carbonyl (C=O) groups is 2. The number of rotatable bonds is 8. The van der Waals surface area contributed by atoms with Crippen molar-refractivity contribution in [3.8, 4) is 0 Å². The molecule has 1 aromatic heterocycles. The van der Waals surface area contributed by atoms with Gasteiger partial charge in [-0.15, -0.1) is 12.4 Å². The smallest absolute Gasteiger partial charge is 0.374 e. The van der Waals surface area contributed by atoms with E-state index in [1.165, 1.54) is 0 Å². The predicted octanol–water partition coefficient (Wildman–Crippen LogP) is 1.70. The lowest BCUT2D eigenvalue weighted by molar-refractivity contribution is -0.121. The van der Waals surface area contributed by atoms with Crippen LogP contribution < -0.4 is 11.1 Å². The molecule has 0 spiro atoms. The van der Waals surface area contributed by atoms with Crippen molar-refractivity contribution in [1.82, 2.24) is 10.2 Å². The van der Waals surface area contributed by atoms with E-state index in [9.17, 15) is 9.59 Å². The van der Waals surface area contributed by atoms with Crippen LogP contribution in [0.15, 0.2) is 16.5 Å². The molecule has 142 valence electrons. The van der Waals surface area contributed by atoms with Gasteiger partial charge in [0.2, 0.25) is 11.7 Å². The van der Waals surface area contributed by atoms with E-state index in [4.69, 9.17) is 14.9 Å². The third-order valence-electron chi connectivity index (χ3n) is 4.15. The molecule has 1 aliphatic rings. The Morgan fingerprint density at radius 3 is 2.92 bits per heavy atom. The van der Waals surface area contributed by atoms with Gasteiger partial charge in [-0.2, -0.15) is 0 Å². The number of amides is 1. The zero-order valence-electron chi connectivity index (χ0n) is 14.7. The molecular weight excluding hydrogens is 346 g/mol. The Hall–Kier alpha value is -1.57. The van der Waals surface area contributed by atoms with Gasteiger partial charge in [-0.05, 0) is 38.4 Å². The van der Waals surface area contributed by atoms with Crippen LogP contribution in [-0.4, -0.2) is 49.1 Å². The van der Waals surface area contributed by atoms with Gasteiger partial charge >= 0.3 is 5.97 Å². The van der Waals surface area contributed by atoms with Gasteiger partial charge in [-0.1, -0.05) is 6.42 Å². The number of nitrogens with two attached hydrogens (primary N) is 1. The van der Waals surface area contributed by atoms with Gasteiger partial charge in [-0.25, -0.2) is 4.79 Å². The Bertz CT molecular complexity index is 550. The average Bonchev–Trinajstić information content (AvgIpc) is 3.03. The number of hydrogen-bond donors (Lipinski definition) is 2. The molecule has 3 N–H and O–H groups in total. The summed E-state index contributed by atoms with van der Waals surface area (Å²) in [5, 5.41) is 2.94. The standard InChI is InChI=1S/C17H27N3O4.ClH/c1-2-23-17(22)15-7-6-14(24-15)12-20-10-4-3-5-13(20)11-19-16(21)8-9-18;/h6-7,13H,2-5,8-12,18H2,1H3,(H,19,21);1H. The summed E-state index contributed by atoms with van der Waals surface area (Å²) in [5.41, 5.74) is 5.39. The summed E-state index contributed by atoms with van der Waals surface area (Å²) in [6.07, 6.45) is 3.67. The predicted molar refractivity (Wildman–Crippen MR) is 96.6 cm³/mol. The number of nitrogens with zero attached hydrogens (tertiary/aromatic N) is 1. The first-order valence-electron chi connectivity index (χ1n) is 8.60. The van der Waals surface area contributed by atoms with Gasteiger partial charge in [0.25, 0.3) is 0 Å². The Kier molecular flexibility index (Phi) is 9.55. The number of hydrogen-bond acceptors (Lipinski definition) is 6. The Morgan fingerprint density at radius 2 is 2.20 bits per heavy atom. The van der Waals surface area contributed by atoms with E-state index in [1.54, 1.807) is 13.0 Å². The fraction of sp³-hybridized carbons (Fsp3) is 0.647. The average molecular weight is 374 g/mol. The van der Waals surface area contributed by atoms with Crippen molar-refractivity contribution in [1.29, 1.82) is 0 Å². The van der Waals surface area contributed by atoms with Gasteiger partial charge in [0.15, 0.2) is 0 Å². The van der Waals surface area contributed by atoms with Crippen LogP contribution in [0.2, 0.25) is 0 Å². The molecule has 25 heavy (non-hydrogen) atoms. The first-order chi connectivity index (χ1) is 11.6. The lowest BCUT2D eigenvalue weighted by Crippen LogP contribution is -2.46. The van der Waals surface area contributed by atoms with Gasteiger partial charge in [0, 0.05) is 25.6 Å². The lowest BCUT2D eigenvalue weighted by Gasteiger charge is -2.35. The van der Waals surface area contributed by atoms with Crippen LogP contribution in [0, 0.1) is 0 Å². The van der Waals surface area contributed by atoms with Gasteiger partial charge < -0.3 is 20.2 Å². The van der Waals surface area contributed by atoms with Gasteiger partial charge in [-0.3, -0.25) is 9.69 Å². The summed E-state index contributed by atoms with van der Waals surface area (Å²) in [6.45, 7) is 4.64. The SMILES string of the molecule is CCOC(=O)c1ccc(CN2CCCCC2CNC(=O)CCN)o1.Cl. The molecule has 1 aliphatic heterocycles. The number of furan rings is 1. The van der Waals surface area contributed by atoms with Gasteiger partial charge in [0.05, 0.1) is 13.2 Å². The third-order valence-corrected chi connectivity index (χ3v) is 4.15. The van der Waals surface area contributed by atoms with Crippen LogP contribution in [0.4, 0.5) is 0 Å². The summed E-state index contributed by atoms with van der Waals surface area (Å²) in [5.74, 6) is 0.522. The summed E-state index contributed by atoms with van der Waals surface area (Å²) in [4.78, 5) is 25.6. The maximum Gasteiger partial charge on any atom is 0.374 e. The molecular formula is C17H28ClN3O4. The summed E-state index contributed by atoms with van der Waals surface area (Å²) in [7, 11) is 0. The van der Waals surface area contributed by atoms with E-state index in [0.717, 1.165) is 31.6 Å². The summed E-state index contributed by atoms with van der Waals surface area (Å²) in [6, 6.07) is 3.73. The van der Waals surface area contributed by atoms with E-state index >= 15 is 0 Å². The number of nitrogens with one attached hydrogen (secondary N) is 1.